The van der Waals surface area contributed by atoms with Gasteiger partial charge in [-0.2, -0.15) is 5.26 Å². The zero-order valence-electron chi connectivity index (χ0n) is 18.8. The molecule has 0 amide bonds. The standard InChI is InChI=1S/C27H29F2N3O/c28-22-2-4-26-18(11-22)5-6-27(33-26)15-20-12-24(13-21(20)16-27)32-9-7-31(8-10-32)23-3-1-19(17-30)25(29)14-23/h1-4,11,14,20-21,24H,5-10,12-13,15-16H2. The second-order valence-electron chi connectivity index (χ2n) is 10.4. The Bertz CT molecular complexity index is 1090. The van der Waals surface area contributed by atoms with Gasteiger partial charge < -0.3 is 9.64 Å². The Kier molecular flexibility index (Phi) is 5.06. The summed E-state index contributed by atoms with van der Waals surface area (Å²) in [4.78, 5) is 4.85. The maximum atomic E-state index is 14.0. The number of hydrogen-bond donors (Lipinski definition) is 0. The minimum Gasteiger partial charge on any atom is -0.487 e. The highest BCUT2D eigenvalue weighted by Gasteiger charge is 2.52. The number of nitrogens with zero attached hydrogens (tertiary/aromatic N) is 3. The van der Waals surface area contributed by atoms with E-state index >= 15 is 0 Å². The summed E-state index contributed by atoms with van der Waals surface area (Å²) in [7, 11) is 0. The minimum absolute atomic E-state index is 0.0521. The fraction of sp³-hybridized carbons (Fsp3) is 0.519. The van der Waals surface area contributed by atoms with Crippen LogP contribution in [0.4, 0.5) is 14.5 Å². The molecule has 2 atom stereocenters. The highest BCUT2D eigenvalue weighted by atomic mass is 19.1. The number of aryl methyl sites for hydroxylation is 1. The van der Waals surface area contributed by atoms with Gasteiger partial charge in [-0.15, -0.1) is 0 Å². The maximum absolute atomic E-state index is 14.0. The molecule has 2 saturated carbocycles. The number of nitriles is 1. The van der Waals surface area contributed by atoms with Gasteiger partial charge in [0, 0.05) is 37.9 Å². The van der Waals surface area contributed by atoms with Crippen LogP contribution in [0.5, 0.6) is 5.75 Å². The van der Waals surface area contributed by atoms with E-state index < -0.39 is 5.82 Å². The van der Waals surface area contributed by atoms with Gasteiger partial charge in [0.25, 0.3) is 0 Å². The Labute approximate surface area is 193 Å². The van der Waals surface area contributed by atoms with Crippen LogP contribution in [0.15, 0.2) is 36.4 Å². The molecule has 2 aromatic carbocycles. The molecule has 6 rings (SSSR count). The van der Waals surface area contributed by atoms with Crippen LogP contribution in [0, 0.1) is 34.8 Å². The lowest BCUT2D eigenvalue weighted by molar-refractivity contribution is 0.0401. The number of piperazine rings is 1. The van der Waals surface area contributed by atoms with Crippen molar-refractivity contribution >= 4 is 5.69 Å². The van der Waals surface area contributed by atoms with Crippen molar-refractivity contribution in [3.05, 3.63) is 59.2 Å². The van der Waals surface area contributed by atoms with Gasteiger partial charge in [0.15, 0.2) is 0 Å². The van der Waals surface area contributed by atoms with Gasteiger partial charge in [0.2, 0.25) is 0 Å². The summed E-state index contributed by atoms with van der Waals surface area (Å²) >= 11 is 0. The minimum atomic E-state index is -0.437. The Hall–Kier alpha value is -2.65. The third-order valence-corrected chi connectivity index (χ3v) is 8.55. The average molecular weight is 450 g/mol. The van der Waals surface area contributed by atoms with Crippen LogP contribution in [0.25, 0.3) is 0 Å². The molecular formula is C27H29F2N3O. The molecule has 1 saturated heterocycles. The highest BCUT2D eigenvalue weighted by Crippen LogP contribution is 2.54. The molecule has 2 aromatic rings. The summed E-state index contributed by atoms with van der Waals surface area (Å²) in [6, 6.07) is 12.4. The van der Waals surface area contributed by atoms with E-state index in [-0.39, 0.29) is 17.0 Å². The molecule has 1 spiro atoms. The summed E-state index contributed by atoms with van der Waals surface area (Å²) in [6.45, 7) is 3.76. The van der Waals surface area contributed by atoms with Crippen LogP contribution in [0.2, 0.25) is 0 Å². The monoisotopic (exact) mass is 449 g/mol. The summed E-state index contributed by atoms with van der Waals surface area (Å²) in [5.41, 5.74) is 1.93. The first-order chi connectivity index (χ1) is 16.0. The Morgan fingerprint density at radius 2 is 1.73 bits per heavy atom. The smallest absolute Gasteiger partial charge is 0.143 e. The fourth-order valence-electron chi connectivity index (χ4n) is 6.93. The molecule has 2 heterocycles. The van der Waals surface area contributed by atoms with Gasteiger partial charge in [0.05, 0.1) is 5.56 Å². The molecule has 4 aliphatic rings. The summed E-state index contributed by atoms with van der Waals surface area (Å²) in [6.07, 6.45) is 6.62. The van der Waals surface area contributed by atoms with Crippen LogP contribution in [0.3, 0.4) is 0 Å². The van der Waals surface area contributed by atoms with Crippen molar-refractivity contribution in [1.82, 2.24) is 4.90 Å². The number of fused-ring (bicyclic) bond motifs is 2. The van der Waals surface area contributed by atoms with Crippen molar-refractivity contribution in [2.45, 2.75) is 50.2 Å². The zero-order valence-corrected chi connectivity index (χ0v) is 18.8. The third kappa shape index (κ3) is 3.77. The quantitative estimate of drug-likeness (QED) is 0.653. The molecule has 0 radical (unpaired) electrons. The van der Waals surface area contributed by atoms with E-state index in [0.717, 1.165) is 68.9 Å². The first kappa shape index (κ1) is 20.9. The molecule has 2 unspecified atom stereocenters. The average Bonchev–Trinajstić information content (AvgIpc) is 3.35. The van der Waals surface area contributed by atoms with Crippen LogP contribution in [-0.2, 0) is 6.42 Å². The van der Waals surface area contributed by atoms with Crippen molar-refractivity contribution in [3.8, 4) is 11.8 Å². The molecule has 0 aromatic heterocycles. The largest absolute Gasteiger partial charge is 0.487 e. The van der Waals surface area contributed by atoms with Crippen molar-refractivity contribution < 1.29 is 13.5 Å². The molecule has 33 heavy (non-hydrogen) atoms. The fourth-order valence-corrected chi connectivity index (χ4v) is 6.93. The van der Waals surface area contributed by atoms with E-state index in [0.29, 0.717) is 17.9 Å². The van der Waals surface area contributed by atoms with E-state index in [9.17, 15) is 8.78 Å². The van der Waals surface area contributed by atoms with E-state index in [1.807, 2.05) is 18.2 Å². The number of ether oxygens (including phenoxy) is 1. The summed E-state index contributed by atoms with van der Waals surface area (Å²) < 4.78 is 34.1. The molecule has 6 heteroatoms. The second-order valence-corrected chi connectivity index (χ2v) is 10.4. The lowest BCUT2D eigenvalue weighted by Gasteiger charge is -2.40. The predicted molar refractivity (Wildman–Crippen MR) is 122 cm³/mol. The van der Waals surface area contributed by atoms with E-state index in [2.05, 4.69) is 9.80 Å². The zero-order chi connectivity index (χ0) is 22.6. The topological polar surface area (TPSA) is 39.5 Å². The van der Waals surface area contributed by atoms with Crippen LogP contribution in [0.1, 0.15) is 43.2 Å². The number of anilines is 1. The number of halogens is 2. The number of benzene rings is 2. The molecule has 2 aliphatic heterocycles. The van der Waals surface area contributed by atoms with Crippen molar-refractivity contribution in [3.63, 3.8) is 0 Å². The summed E-state index contributed by atoms with van der Waals surface area (Å²) in [5, 5.41) is 8.95. The molecule has 172 valence electrons. The second kappa shape index (κ2) is 7.99. The van der Waals surface area contributed by atoms with Crippen LogP contribution < -0.4 is 9.64 Å². The van der Waals surface area contributed by atoms with Gasteiger partial charge in [-0.25, -0.2) is 8.78 Å². The Morgan fingerprint density at radius 3 is 2.42 bits per heavy atom. The van der Waals surface area contributed by atoms with Crippen molar-refractivity contribution in [2.75, 3.05) is 31.1 Å². The highest BCUT2D eigenvalue weighted by molar-refractivity contribution is 5.51. The number of rotatable bonds is 2. The van der Waals surface area contributed by atoms with Crippen molar-refractivity contribution in [1.29, 1.82) is 5.26 Å². The van der Waals surface area contributed by atoms with Gasteiger partial charge >= 0.3 is 0 Å². The van der Waals surface area contributed by atoms with Crippen LogP contribution in [-0.4, -0.2) is 42.7 Å². The van der Waals surface area contributed by atoms with E-state index in [1.165, 1.54) is 25.0 Å². The molecule has 2 aliphatic carbocycles. The molecule has 4 nitrogen and oxygen atoms in total. The maximum Gasteiger partial charge on any atom is 0.143 e. The van der Waals surface area contributed by atoms with Gasteiger partial charge in [0.1, 0.15) is 29.1 Å². The first-order valence-electron chi connectivity index (χ1n) is 12.2. The third-order valence-electron chi connectivity index (χ3n) is 8.55. The first-order valence-corrected chi connectivity index (χ1v) is 12.2. The molecule has 3 fully saturated rings. The molecule has 0 bridgehead atoms. The lowest BCUT2D eigenvalue weighted by Crippen LogP contribution is -2.50. The summed E-state index contributed by atoms with van der Waals surface area (Å²) in [5.74, 6) is 1.69. The predicted octanol–water partition coefficient (Wildman–Crippen LogP) is 4.91. The van der Waals surface area contributed by atoms with Gasteiger partial charge in [-0.1, -0.05) is 0 Å². The molecular weight excluding hydrogens is 420 g/mol. The van der Waals surface area contributed by atoms with Gasteiger partial charge in [-0.05, 0) is 92.3 Å². The normalized spacial score (nSPS) is 31.2. The van der Waals surface area contributed by atoms with E-state index in [4.69, 9.17) is 10.00 Å². The molecule has 0 N–H and O–H groups in total. The Balaban J connectivity index is 1.05. The Morgan fingerprint density at radius 1 is 0.970 bits per heavy atom. The van der Waals surface area contributed by atoms with Crippen molar-refractivity contribution in [2.24, 2.45) is 11.8 Å². The van der Waals surface area contributed by atoms with Crippen LogP contribution >= 0.6 is 0 Å². The lowest BCUT2D eigenvalue weighted by atomic mass is 9.87. The number of hydrogen-bond acceptors (Lipinski definition) is 4. The van der Waals surface area contributed by atoms with E-state index in [1.54, 1.807) is 12.1 Å². The SMILES string of the molecule is N#Cc1ccc(N2CCN(C3CC4CC5(CCc6cc(F)ccc6O5)CC4C3)CC2)cc1F. The van der Waals surface area contributed by atoms with Gasteiger partial charge in [-0.3, -0.25) is 4.90 Å².